The van der Waals surface area contributed by atoms with Crippen LogP contribution in [0.2, 0.25) is 0 Å². The van der Waals surface area contributed by atoms with E-state index < -0.39 is 5.60 Å². The Hall–Kier alpha value is -1.50. The third kappa shape index (κ3) is 7.97. The molecular weight excluding hydrogens is 380 g/mol. The predicted molar refractivity (Wildman–Crippen MR) is 122 cm³/mol. The number of carbonyl (C=O) groups is 1. The Bertz CT molecular complexity index is 572. The Balaban J connectivity index is 1.73. The molecule has 0 aromatic heterocycles. The standard InChI is InChI=1S/C23H44N4O3/c1-22(2,3)19-18(9-8-14-29-19)16-26-20(24-7)25-15-17-10-12-27(13-11-17)21(28)30-23(4,5)6/h17-19H,8-16H2,1-7H3,(H2,24,25,26). The average molecular weight is 425 g/mol. The lowest BCUT2D eigenvalue weighted by atomic mass is 9.78. The molecule has 30 heavy (non-hydrogen) atoms. The number of rotatable bonds is 4. The maximum atomic E-state index is 12.2. The van der Waals surface area contributed by atoms with Crippen LogP contribution in [-0.4, -0.2) is 68.5 Å². The Kier molecular flexibility index (Phi) is 8.83. The minimum atomic E-state index is -0.441. The molecule has 0 aliphatic carbocycles. The van der Waals surface area contributed by atoms with Crippen LogP contribution in [0.25, 0.3) is 0 Å². The van der Waals surface area contributed by atoms with E-state index in [1.54, 1.807) is 0 Å². The van der Waals surface area contributed by atoms with Crippen molar-refractivity contribution in [1.29, 1.82) is 0 Å². The monoisotopic (exact) mass is 424 g/mol. The van der Waals surface area contributed by atoms with Gasteiger partial charge in [0.2, 0.25) is 0 Å². The Morgan fingerprint density at radius 1 is 1.07 bits per heavy atom. The number of guanidine groups is 1. The van der Waals surface area contributed by atoms with Gasteiger partial charge in [-0.15, -0.1) is 0 Å². The second-order valence-corrected chi connectivity index (χ2v) is 10.8. The van der Waals surface area contributed by atoms with Crippen molar-refractivity contribution in [3.63, 3.8) is 0 Å². The molecule has 2 aliphatic rings. The van der Waals surface area contributed by atoms with Crippen molar-refractivity contribution in [1.82, 2.24) is 15.5 Å². The summed E-state index contributed by atoms with van der Waals surface area (Å²) < 4.78 is 11.6. The maximum Gasteiger partial charge on any atom is 0.410 e. The molecule has 2 unspecified atom stereocenters. The summed E-state index contributed by atoms with van der Waals surface area (Å²) in [5.41, 5.74) is -0.297. The zero-order chi connectivity index (χ0) is 22.4. The number of aliphatic imine (C=N–C) groups is 1. The lowest BCUT2D eigenvalue weighted by Gasteiger charge is -2.40. The third-order valence-electron chi connectivity index (χ3n) is 5.88. The van der Waals surface area contributed by atoms with Crippen molar-refractivity contribution in [3.8, 4) is 0 Å². The normalized spacial score (nSPS) is 24.5. The topological polar surface area (TPSA) is 75.2 Å². The van der Waals surface area contributed by atoms with E-state index in [0.29, 0.717) is 11.8 Å². The number of carbonyl (C=O) groups excluding carboxylic acids is 1. The van der Waals surface area contributed by atoms with Gasteiger partial charge in [0, 0.05) is 45.8 Å². The molecule has 7 nitrogen and oxygen atoms in total. The van der Waals surface area contributed by atoms with Gasteiger partial charge in [0.05, 0.1) is 6.10 Å². The predicted octanol–water partition coefficient (Wildman–Crippen LogP) is 3.64. The summed E-state index contributed by atoms with van der Waals surface area (Å²) in [6, 6.07) is 0. The second-order valence-electron chi connectivity index (χ2n) is 10.8. The Morgan fingerprint density at radius 2 is 1.70 bits per heavy atom. The average Bonchev–Trinajstić information content (AvgIpc) is 2.66. The van der Waals surface area contributed by atoms with E-state index in [2.05, 4.69) is 36.4 Å². The van der Waals surface area contributed by atoms with Crippen LogP contribution in [0.1, 0.15) is 67.2 Å². The van der Waals surface area contributed by atoms with E-state index in [-0.39, 0.29) is 17.6 Å². The van der Waals surface area contributed by atoms with Gasteiger partial charge in [-0.05, 0) is 57.8 Å². The van der Waals surface area contributed by atoms with Gasteiger partial charge in [0.25, 0.3) is 0 Å². The summed E-state index contributed by atoms with van der Waals surface area (Å²) in [7, 11) is 1.82. The summed E-state index contributed by atoms with van der Waals surface area (Å²) in [6.45, 7) is 16.6. The number of hydrogen-bond donors (Lipinski definition) is 2. The Morgan fingerprint density at radius 3 is 2.27 bits per heavy atom. The van der Waals surface area contributed by atoms with Crippen LogP contribution in [0.15, 0.2) is 4.99 Å². The highest BCUT2D eigenvalue weighted by molar-refractivity contribution is 5.79. The van der Waals surface area contributed by atoms with Crippen LogP contribution in [0.3, 0.4) is 0 Å². The van der Waals surface area contributed by atoms with Gasteiger partial charge in [0.1, 0.15) is 5.60 Å². The van der Waals surface area contributed by atoms with E-state index in [1.807, 2.05) is 32.7 Å². The van der Waals surface area contributed by atoms with Crippen molar-refractivity contribution >= 4 is 12.1 Å². The van der Waals surface area contributed by atoms with Gasteiger partial charge in [-0.2, -0.15) is 0 Å². The van der Waals surface area contributed by atoms with Crippen LogP contribution >= 0.6 is 0 Å². The number of piperidine rings is 1. The lowest BCUT2D eigenvalue weighted by Crippen LogP contribution is -2.49. The lowest BCUT2D eigenvalue weighted by molar-refractivity contribution is -0.0835. The number of likely N-dealkylation sites (tertiary alicyclic amines) is 1. The third-order valence-corrected chi connectivity index (χ3v) is 5.88. The van der Waals surface area contributed by atoms with E-state index in [9.17, 15) is 4.79 Å². The molecule has 2 heterocycles. The van der Waals surface area contributed by atoms with Gasteiger partial charge < -0.3 is 25.0 Å². The first-order valence-corrected chi connectivity index (χ1v) is 11.5. The number of nitrogens with one attached hydrogen (secondary N) is 2. The molecule has 0 aromatic carbocycles. The molecule has 2 rings (SSSR count). The van der Waals surface area contributed by atoms with Crippen molar-refractivity contribution in [3.05, 3.63) is 0 Å². The first-order valence-electron chi connectivity index (χ1n) is 11.5. The van der Waals surface area contributed by atoms with Gasteiger partial charge in [-0.1, -0.05) is 20.8 Å². The summed E-state index contributed by atoms with van der Waals surface area (Å²) in [5, 5.41) is 6.99. The summed E-state index contributed by atoms with van der Waals surface area (Å²) in [6.07, 6.45) is 4.34. The quantitative estimate of drug-likeness (QED) is 0.532. The second kappa shape index (κ2) is 10.7. The first-order chi connectivity index (χ1) is 14.0. The highest BCUT2D eigenvalue weighted by Crippen LogP contribution is 2.33. The highest BCUT2D eigenvalue weighted by atomic mass is 16.6. The van der Waals surface area contributed by atoms with Crippen molar-refractivity contribution in [2.75, 3.05) is 39.8 Å². The molecule has 1 amide bonds. The van der Waals surface area contributed by atoms with Crippen molar-refractivity contribution in [2.24, 2.45) is 22.2 Å². The summed E-state index contributed by atoms with van der Waals surface area (Å²) in [5.74, 6) is 1.87. The number of amides is 1. The maximum absolute atomic E-state index is 12.2. The van der Waals surface area contributed by atoms with E-state index in [4.69, 9.17) is 9.47 Å². The molecule has 2 aliphatic heterocycles. The molecule has 2 saturated heterocycles. The fourth-order valence-corrected chi connectivity index (χ4v) is 4.35. The molecule has 0 radical (unpaired) electrons. The molecule has 2 atom stereocenters. The summed E-state index contributed by atoms with van der Waals surface area (Å²) in [4.78, 5) is 18.4. The molecule has 174 valence electrons. The SMILES string of the molecule is CN=C(NCC1CCN(C(=O)OC(C)(C)C)CC1)NCC1CCCOC1C(C)(C)C. The van der Waals surface area contributed by atoms with Gasteiger partial charge in [-0.3, -0.25) is 4.99 Å². The molecule has 0 bridgehead atoms. The fraction of sp³-hybridized carbons (Fsp3) is 0.913. The Labute approximate surface area is 183 Å². The smallest absolute Gasteiger partial charge is 0.410 e. The van der Waals surface area contributed by atoms with Crippen molar-refractivity contribution in [2.45, 2.75) is 78.9 Å². The molecule has 0 spiro atoms. The van der Waals surface area contributed by atoms with Crippen LogP contribution in [0.4, 0.5) is 4.79 Å². The zero-order valence-corrected chi connectivity index (χ0v) is 20.2. The minimum Gasteiger partial charge on any atom is -0.444 e. The molecule has 2 N–H and O–H groups in total. The van der Waals surface area contributed by atoms with Gasteiger partial charge in [-0.25, -0.2) is 4.79 Å². The zero-order valence-electron chi connectivity index (χ0n) is 20.2. The van der Waals surface area contributed by atoms with Crippen LogP contribution in [-0.2, 0) is 9.47 Å². The number of hydrogen-bond acceptors (Lipinski definition) is 4. The van der Waals surface area contributed by atoms with E-state index >= 15 is 0 Å². The number of nitrogens with zero attached hydrogens (tertiary/aromatic N) is 2. The molecule has 0 saturated carbocycles. The largest absolute Gasteiger partial charge is 0.444 e. The van der Waals surface area contributed by atoms with Crippen LogP contribution in [0.5, 0.6) is 0 Å². The summed E-state index contributed by atoms with van der Waals surface area (Å²) >= 11 is 0. The van der Waals surface area contributed by atoms with Gasteiger partial charge >= 0.3 is 6.09 Å². The van der Waals surface area contributed by atoms with Crippen LogP contribution in [0, 0.1) is 17.3 Å². The molecule has 0 aromatic rings. The van der Waals surface area contributed by atoms with Crippen LogP contribution < -0.4 is 10.6 Å². The number of ether oxygens (including phenoxy) is 2. The molecule has 2 fully saturated rings. The minimum absolute atomic E-state index is 0.145. The van der Waals surface area contributed by atoms with Gasteiger partial charge in [0.15, 0.2) is 5.96 Å². The first kappa shape index (κ1) is 24.8. The van der Waals surface area contributed by atoms with Crippen molar-refractivity contribution < 1.29 is 14.3 Å². The van der Waals surface area contributed by atoms with E-state index in [1.165, 1.54) is 6.42 Å². The fourth-order valence-electron chi connectivity index (χ4n) is 4.35. The highest BCUT2D eigenvalue weighted by Gasteiger charge is 2.35. The molecular formula is C23H44N4O3. The molecule has 7 heteroatoms. The van der Waals surface area contributed by atoms with E-state index in [0.717, 1.165) is 58.0 Å².